The Morgan fingerprint density at radius 3 is 2.60 bits per heavy atom. The number of nitrogens with one attached hydrogen (secondary N) is 1. The van der Waals surface area contributed by atoms with Crippen LogP contribution >= 0.6 is 0 Å². The minimum absolute atomic E-state index is 0.205. The van der Waals surface area contributed by atoms with E-state index in [0.717, 1.165) is 35.2 Å². The van der Waals surface area contributed by atoms with Gasteiger partial charge in [-0.2, -0.15) is 0 Å². The second-order valence-corrected chi connectivity index (χ2v) is 9.53. The van der Waals surface area contributed by atoms with Gasteiger partial charge in [-0.3, -0.25) is 9.59 Å². The Morgan fingerprint density at radius 1 is 0.975 bits per heavy atom. The van der Waals surface area contributed by atoms with Crippen LogP contribution in [0.1, 0.15) is 50.4 Å². The van der Waals surface area contributed by atoms with Crippen molar-refractivity contribution in [1.29, 1.82) is 0 Å². The van der Waals surface area contributed by atoms with Gasteiger partial charge >= 0.3 is 5.97 Å². The van der Waals surface area contributed by atoms with E-state index in [1.807, 2.05) is 42.5 Å². The standard InChI is InChI=1S/C31H25N3O6/c32-30(36)19-9-11-21(12-10-19)33-27(35)16-38-31(37)28-22-5-1-2-7-24(22)34-29-20(4-3-6-23(28)29)14-18-8-13-25-26(15-18)40-17-39-25/h1-2,5,7-15H,3-4,6,16-17H2,(H2,32,36)(H,33,35)/b20-14-. The molecule has 1 aliphatic heterocycles. The maximum atomic E-state index is 13.5. The van der Waals surface area contributed by atoms with Crippen LogP contribution in [0.4, 0.5) is 5.69 Å². The number of allylic oxidation sites excluding steroid dienone is 1. The molecule has 4 aromatic rings. The average molecular weight is 536 g/mol. The highest BCUT2D eigenvalue weighted by Gasteiger charge is 2.26. The highest BCUT2D eigenvalue weighted by molar-refractivity contribution is 6.07. The summed E-state index contributed by atoms with van der Waals surface area (Å²) in [5.74, 6) is -0.238. The molecule has 1 aliphatic carbocycles. The molecule has 2 aliphatic rings. The summed E-state index contributed by atoms with van der Waals surface area (Å²) in [4.78, 5) is 42.2. The van der Waals surface area contributed by atoms with Crippen LogP contribution in [0, 0.1) is 0 Å². The second-order valence-electron chi connectivity index (χ2n) is 9.53. The predicted octanol–water partition coefficient (Wildman–Crippen LogP) is 4.73. The van der Waals surface area contributed by atoms with Crippen molar-refractivity contribution >= 4 is 46.0 Å². The minimum Gasteiger partial charge on any atom is -0.454 e. The van der Waals surface area contributed by atoms with Crippen molar-refractivity contribution in [2.24, 2.45) is 5.73 Å². The number of carbonyl (C=O) groups excluding carboxylic acids is 3. The third-order valence-corrected chi connectivity index (χ3v) is 6.90. The number of esters is 1. The first-order valence-electron chi connectivity index (χ1n) is 12.9. The molecule has 2 heterocycles. The fraction of sp³-hybridized carbons (Fsp3) is 0.161. The Balaban J connectivity index is 1.27. The zero-order valence-corrected chi connectivity index (χ0v) is 21.4. The van der Waals surface area contributed by atoms with Crippen LogP contribution in [0.3, 0.4) is 0 Å². The number of nitrogens with two attached hydrogens (primary N) is 1. The van der Waals surface area contributed by atoms with Crippen LogP contribution in [-0.4, -0.2) is 36.2 Å². The molecular formula is C31H25N3O6. The smallest absolute Gasteiger partial charge is 0.339 e. The fourth-order valence-electron chi connectivity index (χ4n) is 5.03. The molecule has 0 spiro atoms. The third-order valence-electron chi connectivity index (χ3n) is 6.90. The minimum atomic E-state index is -0.585. The Labute approximate surface area is 229 Å². The molecule has 9 heteroatoms. The Bertz CT molecular complexity index is 1690. The molecule has 0 atom stereocenters. The van der Waals surface area contributed by atoms with Gasteiger partial charge in [0.2, 0.25) is 12.7 Å². The summed E-state index contributed by atoms with van der Waals surface area (Å²) in [5.41, 5.74) is 10.7. The fourth-order valence-corrected chi connectivity index (χ4v) is 5.03. The number of pyridine rings is 1. The molecule has 3 aromatic carbocycles. The van der Waals surface area contributed by atoms with Crippen molar-refractivity contribution in [2.75, 3.05) is 18.7 Å². The maximum absolute atomic E-state index is 13.5. The Morgan fingerprint density at radius 2 is 1.77 bits per heavy atom. The molecule has 0 saturated heterocycles. The third kappa shape index (κ3) is 4.96. The number of nitrogens with zero attached hydrogens (tertiary/aromatic N) is 1. The van der Waals surface area contributed by atoms with Crippen LogP contribution < -0.4 is 20.5 Å². The number of hydrogen-bond donors (Lipinski definition) is 2. The van der Waals surface area contributed by atoms with E-state index in [2.05, 4.69) is 11.4 Å². The summed E-state index contributed by atoms with van der Waals surface area (Å²) in [6.07, 6.45) is 4.37. The van der Waals surface area contributed by atoms with Crippen LogP contribution in [0.15, 0.2) is 66.7 Å². The molecule has 6 rings (SSSR count). The lowest BCUT2D eigenvalue weighted by Crippen LogP contribution is -2.22. The highest BCUT2D eigenvalue weighted by Crippen LogP contribution is 2.38. The predicted molar refractivity (Wildman–Crippen MR) is 149 cm³/mol. The van der Waals surface area contributed by atoms with Gasteiger partial charge in [-0.15, -0.1) is 0 Å². The Hall–Kier alpha value is -5.18. The quantitative estimate of drug-likeness (QED) is 0.341. The first-order chi connectivity index (χ1) is 19.5. The Kier molecular flexibility index (Phi) is 6.61. The van der Waals surface area contributed by atoms with Crippen molar-refractivity contribution in [3.8, 4) is 11.5 Å². The molecule has 40 heavy (non-hydrogen) atoms. The number of primary amides is 1. The van der Waals surface area contributed by atoms with Crippen LogP contribution in [0.5, 0.6) is 11.5 Å². The number of hydrogen-bond acceptors (Lipinski definition) is 7. The molecule has 0 unspecified atom stereocenters. The lowest BCUT2D eigenvalue weighted by molar-refractivity contribution is -0.119. The number of carbonyl (C=O) groups is 3. The van der Waals surface area contributed by atoms with E-state index in [1.165, 1.54) is 12.1 Å². The van der Waals surface area contributed by atoms with Gasteiger partial charge in [-0.1, -0.05) is 24.3 Å². The zero-order chi connectivity index (χ0) is 27.6. The number of ether oxygens (including phenoxy) is 3. The first-order valence-corrected chi connectivity index (χ1v) is 12.9. The lowest BCUT2D eigenvalue weighted by atomic mass is 9.86. The van der Waals surface area contributed by atoms with E-state index in [0.29, 0.717) is 45.6 Å². The van der Waals surface area contributed by atoms with E-state index >= 15 is 0 Å². The lowest BCUT2D eigenvalue weighted by Gasteiger charge is -2.22. The van der Waals surface area contributed by atoms with Crippen molar-refractivity contribution in [3.63, 3.8) is 0 Å². The molecule has 0 fully saturated rings. The summed E-state index contributed by atoms with van der Waals surface area (Å²) >= 11 is 0. The van der Waals surface area contributed by atoms with Crippen molar-refractivity contribution in [1.82, 2.24) is 4.98 Å². The van der Waals surface area contributed by atoms with Gasteiger partial charge in [-0.05, 0) is 84.5 Å². The van der Waals surface area contributed by atoms with E-state index in [1.54, 1.807) is 12.1 Å². The summed E-state index contributed by atoms with van der Waals surface area (Å²) in [6, 6.07) is 19.3. The summed E-state index contributed by atoms with van der Waals surface area (Å²) in [7, 11) is 0. The zero-order valence-electron chi connectivity index (χ0n) is 21.4. The number of para-hydroxylation sites is 1. The number of fused-ring (bicyclic) bond motifs is 3. The highest BCUT2D eigenvalue weighted by atomic mass is 16.7. The molecule has 0 saturated carbocycles. The number of rotatable bonds is 6. The van der Waals surface area contributed by atoms with Gasteiger partial charge in [0.25, 0.3) is 5.91 Å². The molecular weight excluding hydrogens is 510 g/mol. The largest absolute Gasteiger partial charge is 0.454 e. The van der Waals surface area contributed by atoms with Gasteiger partial charge in [0.1, 0.15) is 0 Å². The molecule has 2 amide bonds. The van der Waals surface area contributed by atoms with Crippen LogP contribution in [0.2, 0.25) is 0 Å². The van der Waals surface area contributed by atoms with Gasteiger partial charge in [0.05, 0.1) is 16.8 Å². The molecule has 1 aromatic heterocycles. The van der Waals surface area contributed by atoms with Gasteiger partial charge < -0.3 is 25.3 Å². The first kappa shape index (κ1) is 25.1. The van der Waals surface area contributed by atoms with Crippen LogP contribution in [-0.2, 0) is 16.0 Å². The van der Waals surface area contributed by atoms with Gasteiger partial charge in [-0.25, -0.2) is 9.78 Å². The second kappa shape index (κ2) is 10.5. The molecule has 9 nitrogen and oxygen atoms in total. The van der Waals surface area contributed by atoms with Crippen molar-refractivity contribution < 1.29 is 28.6 Å². The normalized spacial score (nSPS) is 14.6. The maximum Gasteiger partial charge on any atom is 0.339 e. The van der Waals surface area contributed by atoms with Crippen LogP contribution in [0.25, 0.3) is 22.6 Å². The van der Waals surface area contributed by atoms with Gasteiger partial charge in [0.15, 0.2) is 18.1 Å². The number of benzene rings is 3. The average Bonchev–Trinajstić information content (AvgIpc) is 3.43. The monoisotopic (exact) mass is 535 g/mol. The number of aromatic nitrogens is 1. The van der Waals surface area contributed by atoms with Crippen molar-refractivity contribution in [2.45, 2.75) is 19.3 Å². The van der Waals surface area contributed by atoms with E-state index in [9.17, 15) is 14.4 Å². The molecule has 0 radical (unpaired) electrons. The van der Waals surface area contributed by atoms with E-state index < -0.39 is 24.4 Å². The molecule has 0 bridgehead atoms. The molecule has 3 N–H and O–H groups in total. The number of amides is 2. The van der Waals surface area contributed by atoms with Gasteiger partial charge in [0, 0.05) is 16.6 Å². The van der Waals surface area contributed by atoms with E-state index in [-0.39, 0.29) is 6.79 Å². The molecule has 200 valence electrons. The summed E-state index contributed by atoms with van der Waals surface area (Å²) in [6.45, 7) is -0.265. The summed E-state index contributed by atoms with van der Waals surface area (Å²) in [5, 5.41) is 3.34. The van der Waals surface area contributed by atoms with Crippen molar-refractivity contribution in [3.05, 3.63) is 94.7 Å². The SMILES string of the molecule is NC(=O)c1ccc(NC(=O)COC(=O)c2c3c(nc4ccccc24)/C(=C\c2ccc4c(c2)OCO4)CCC3)cc1. The number of anilines is 1. The summed E-state index contributed by atoms with van der Waals surface area (Å²) < 4.78 is 16.4. The van der Waals surface area contributed by atoms with E-state index in [4.69, 9.17) is 24.9 Å². The topological polar surface area (TPSA) is 130 Å².